The van der Waals surface area contributed by atoms with E-state index in [0.717, 1.165) is 5.92 Å². The number of nitrogens with zero attached hydrogens (tertiary/aromatic N) is 2. The molecule has 1 aromatic heterocycles. The summed E-state index contributed by atoms with van der Waals surface area (Å²) in [5.74, 6) is 0.924. The first-order valence-electron chi connectivity index (χ1n) is 8.76. The molecule has 0 amide bonds. The van der Waals surface area contributed by atoms with Gasteiger partial charge in [-0.25, -0.2) is 4.98 Å². The highest BCUT2D eigenvalue weighted by Crippen LogP contribution is 2.65. The maximum atomic E-state index is 4.24. The molecule has 1 heterocycles. The molecule has 5 atom stereocenters. The Bertz CT molecular complexity index is 507. The second-order valence-corrected chi connectivity index (χ2v) is 8.44. The molecule has 3 heteroatoms. The van der Waals surface area contributed by atoms with Gasteiger partial charge in [0.05, 0.1) is 6.33 Å². The number of nitrogens with one attached hydrogen (secondary N) is 1. The minimum absolute atomic E-state index is 0.486. The van der Waals surface area contributed by atoms with Gasteiger partial charge in [0.15, 0.2) is 0 Å². The largest absolute Gasteiger partial charge is 0.333 e. The van der Waals surface area contributed by atoms with Crippen LogP contribution in [0.15, 0.2) is 18.7 Å². The summed E-state index contributed by atoms with van der Waals surface area (Å²) in [6.07, 6.45) is 14.2. The second kappa shape index (κ2) is 4.58. The van der Waals surface area contributed by atoms with Crippen LogP contribution in [0, 0.1) is 16.7 Å². The third-order valence-corrected chi connectivity index (χ3v) is 7.60. The summed E-state index contributed by atoms with van der Waals surface area (Å²) >= 11 is 0. The van der Waals surface area contributed by atoms with Crippen LogP contribution in [-0.4, -0.2) is 21.6 Å². The first kappa shape index (κ1) is 13.8. The van der Waals surface area contributed by atoms with Crippen LogP contribution in [0.3, 0.4) is 0 Å². The van der Waals surface area contributed by atoms with Crippen LogP contribution in [0.1, 0.15) is 65.3 Å². The average Bonchev–Trinajstić information content (AvgIpc) is 3.16. The highest BCUT2D eigenvalue weighted by atomic mass is 15.1. The van der Waals surface area contributed by atoms with Crippen molar-refractivity contribution < 1.29 is 0 Å². The molecule has 1 N–H and O–H groups in total. The molecule has 2 bridgehead atoms. The average molecular weight is 287 g/mol. The molecule has 5 unspecified atom stereocenters. The Morgan fingerprint density at radius 2 is 2.05 bits per heavy atom. The van der Waals surface area contributed by atoms with Crippen molar-refractivity contribution >= 4 is 0 Å². The normalized spacial score (nSPS) is 44.5. The van der Waals surface area contributed by atoms with Crippen LogP contribution in [0.2, 0.25) is 0 Å². The zero-order valence-electron chi connectivity index (χ0n) is 13.7. The molecule has 1 aromatic rings. The molecule has 3 aliphatic carbocycles. The summed E-state index contributed by atoms with van der Waals surface area (Å²) in [4.78, 5) is 4.24. The molecule has 0 aliphatic heterocycles. The standard InChI is InChI=1S/C18H29N3/c1-17(2)13-7-8-18(17,3)16(11-13)20-14-5-4-6-15(14)21-10-9-19-12-21/h9-10,12-16,20H,4-8,11H2,1-3H3. The van der Waals surface area contributed by atoms with Gasteiger partial charge in [0.1, 0.15) is 0 Å². The predicted octanol–water partition coefficient (Wildman–Crippen LogP) is 3.78. The fourth-order valence-corrected chi connectivity index (χ4v) is 5.67. The fraction of sp³-hybridized carbons (Fsp3) is 0.833. The zero-order chi connectivity index (χ0) is 14.7. The molecule has 3 saturated carbocycles. The summed E-state index contributed by atoms with van der Waals surface area (Å²) in [6, 6.07) is 1.95. The molecule has 3 nitrogen and oxygen atoms in total. The van der Waals surface area contributed by atoms with Gasteiger partial charge in [0, 0.05) is 30.5 Å². The Kier molecular flexibility index (Phi) is 3.01. The molecule has 21 heavy (non-hydrogen) atoms. The lowest BCUT2D eigenvalue weighted by Crippen LogP contribution is -2.49. The number of rotatable bonds is 3. The molecule has 0 radical (unpaired) electrons. The Labute approximate surface area is 128 Å². The summed E-state index contributed by atoms with van der Waals surface area (Å²) in [5.41, 5.74) is 0.994. The quantitative estimate of drug-likeness (QED) is 0.917. The van der Waals surface area contributed by atoms with Crippen LogP contribution in [0.25, 0.3) is 0 Å². The highest BCUT2D eigenvalue weighted by Gasteiger charge is 2.61. The van der Waals surface area contributed by atoms with Gasteiger partial charge in [-0.2, -0.15) is 0 Å². The minimum Gasteiger partial charge on any atom is -0.333 e. The summed E-state index contributed by atoms with van der Waals surface area (Å²) in [5, 5.41) is 4.10. The predicted molar refractivity (Wildman–Crippen MR) is 85.1 cm³/mol. The molecule has 3 fully saturated rings. The van der Waals surface area contributed by atoms with E-state index in [1.54, 1.807) is 0 Å². The van der Waals surface area contributed by atoms with E-state index in [2.05, 4.69) is 41.8 Å². The molecule has 0 spiro atoms. The van der Waals surface area contributed by atoms with Gasteiger partial charge >= 0.3 is 0 Å². The van der Waals surface area contributed by atoms with Crippen molar-refractivity contribution in [2.45, 2.75) is 77.4 Å². The third kappa shape index (κ3) is 1.86. The van der Waals surface area contributed by atoms with Crippen molar-refractivity contribution in [3.63, 3.8) is 0 Å². The van der Waals surface area contributed by atoms with Crippen LogP contribution in [0.5, 0.6) is 0 Å². The molecular formula is C18H29N3. The molecular weight excluding hydrogens is 258 g/mol. The van der Waals surface area contributed by atoms with E-state index in [4.69, 9.17) is 0 Å². The lowest BCUT2D eigenvalue weighted by atomic mass is 9.69. The van der Waals surface area contributed by atoms with Crippen LogP contribution in [0.4, 0.5) is 0 Å². The van der Waals surface area contributed by atoms with Crippen molar-refractivity contribution in [3.05, 3.63) is 18.7 Å². The fourth-order valence-electron chi connectivity index (χ4n) is 5.67. The van der Waals surface area contributed by atoms with E-state index in [1.807, 2.05) is 12.5 Å². The Balaban J connectivity index is 1.52. The van der Waals surface area contributed by atoms with Gasteiger partial charge in [-0.15, -0.1) is 0 Å². The van der Waals surface area contributed by atoms with E-state index in [9.17, 15) is 0 Å². The third-order valence-electron chi connectivity index (χ3n) is 7.60. The minimum atomic E-state index is 0.486. The van der Waals surface area contributed by atoms with Crippen molar-refractivity contribution in [2.24, 2.45) is 16.7 Å². The van der Waals surface area contributed by atoms with Crippen LogP contribution in [-0.2, 0) is 0 Å². The smallest absolute Gasteiger partial charge is 0.0949 e. The first-order valence-corrected chi connectivity index (χ1v) is 8.76. The lowest BCUT2D eigenvalue weighted by Gasteiger charge is -2.41. The van der Waals surface area contributed by atoms with Crippen molar-refractivity contribution in [1.29, 1.82) is 0 Å². The summed E-state index contributed by atoms with van der Waals surface area (Å²) in [7, 11) is 0. The van der Waals surface area contributed by atoms with E-state index < -0.39 is 0 Å². The molecule has 0 aromatic carbocycles. The number of hydrogen-bond acceptors (Lipinski definition) is 2. The SMILES string of the molecule is CC1(C)C2CCC1(C)C(NC1CCCC1n1ccnc1)C2. The molecule has 3 aliphatic rings. The van der Waals surface area contributed by atoms with Crippen LogP contribution >= 0.6 is 0 Å². The maximum Gasteiger partial charge on any atom is 0.0949 e. The Hall–Kier alpha value is -0.830. The van der Waals surface area contributed by atoms with Gasteiger partial charge in [0.2, 0.25) is 0 Å². The van der Waals surface area contributed by atoms with Gasteiger partial charge in [-0.1, -0.05) is 20.8 Å². The maximum absolute atomic E-state index is 4.24. The van der Waals surface area contributed by atoms with E-state index in [-0.39, 0.29) is 0 Å². The first-order chi connectivity index (χ1) is 10.0. The van der Waals surface area contributed by atoms with Gasteiger partial charge in [-0.3, -0.25) is 0 Å². The zero-order valence-corrected chi connectivity index (χ0v) is 13.7. The van der Waals surface area contributed by atoms with Crippen molar-refractivity contribution in [2.75, 3.05) is 0 Å². The van der Waals surface area contributed by atoms with Gasteiger partial charge in [0.25, 0.3) is 0 Å². The monoisotopic (exact) mass is 287 g/mol. The summed E-state index contributed by atoms with van der Waals surface area (Å²) < 4.78 is 2.32. The molecule has 4 rings (SSSR count). The van der Waals surface area contributed by atoms with Crippen molar-refractivity contribution in [1.82, 2.24) is 14.9 Å². The topological polar surface area (TPSA) is 29.9 Å². The Morgan fingerprint density at radius 3 is 2.67 bits per heavy atom. The molecule has 0 saturated heterocycles. The van der Waals surface area contributed by atoms with Crippen molar-refractivity contribution in [3.8, 4) is 0 Å². The Morgan fingerprint density at radius 1 is 1.19 bits per heavy atom. The number of aromatic nitrogens is 2. The second-order valence-electron chi connectivity index (χ2n) is 8.44. The highest BCUT2D eigenvalue weighted by molar-refractivity contribution is 5.14. The van der Waals surface area contributed by atoms with Crippen LogP contribution < -0.4 is 5.32 Å². The van der Waals surface area contributed by atoms with E-state index >= 15 is 0 Å². The number of fused-ring (bicyclic) bond motifs is 2. The number of imidazole rings is 1. The summed E-state index contributed by atoms with van der Waals surface area (Å²) in [6.45, 7) is 7.56. The molecule has 116 valence electrons. The van der Waals surface area contributed by atoms with E-state index in [0.29, 0.717) is 29.0 Å². The number of hydrogen-bond donors (Lipinski definition) is 1. The van der Waals surface area contributed by atoms with Gasteiger partial charge in [-0.05, 0) is 55.3 Å². The van der Waals surface area contributed by atoms with E-state index in [1.165, 1.54) is 38.5 Å². The van der Waals surface area contributed by atoms with Gasteiger partial charge < -0.3 is 9.88 Å². The lowest BCUT2D eigenvalue weighted by molar-refractivity contribution is 0.112.